The zero-order valence-corrected chi connectivity index (χ0v) is 18.2. The summed E-state index contributed by atoms with van der Waals surface area (Å²) >= 11 is 3.22. The Morgan fingerprint density at radius 1 is 1.27 bits per heavy atom. The van der Waals surface area contributed by atoms with Crippen LogP contribution in [0.25, 0.3) is 10.2 Å². The number of thioether (sulfide) groups is 1. The molecule has 5 rings (SSSR count). The van der Waals surface area contributed by atoms with Gasteiger partial charge in [0.2, 0.25) is 6.10 Å². The lowest BCUT2D eigenvalue weighted by Crippen LogP contribution is -2.48. The summed E-state index contributed by atoms with van der Waals surface area (Å²) in [5, 5.41) is 0.672. The van der Waals surface area contributed by atoms with Crippen LogP contribution < -0.4 is 14.4 Å². The van der Waals surface area contributed by atoms with Gasteiger partial charge in [0.15, 0.2) is 16.6 Å². The summed E-state index contributed by atoms with van der Waals surface area (Å²) in [6, 6.07) is 13.6. The Morgan fingerprint density at radius 2 is 2.13 bits per heavy atom. The summed E-state index contributed by atoms with van der Waals surface area (Å²) < 4.78 is 18.6. The van der Waals surface area contributed by atoms with Gasteiger partial charge in [-0.15, -0.1) is 11.8 Å². The van der Waals surface area contributed by atoms with Gasteiger partial charge in [0.05, 0.1) is 22.9 Å². The maximum atomic E-state index is 13.5. The number of carbonyl (C=O) groups excluding carboxylic acids is 1. The van der Waals surface area contributed by atoms with E-state index in [1.54, 1.807) is 16.7 Å². The summed E-state index contributed by atoms with van der Waals surface area (Å²) in [6.07, 6.45) is 3.31. The smallest absolute Gasteiger partial charge is 0.273 e. The molecule has 0 spiro atoms. The van der Waals surface area contributed by atoms with Crippen LogP contribution in [0.3, 0.4) is 0 Å². The van der Waals surface area contributed by atoms with Crippen molar-refractivity contribution >= 4 is 44.4 Å². The lowest BCUT2D eigenvalue weighted by molar-refractivity contribution is -0.128. The Morgan fingerprint density at radius 3 is 2.93 bits per heavy atom. The fraction of sp³-hybridized carbons (Fsp3) is 0.364. The first-order valence-electron chi connectivity index (χ1n) is 9.97. The Kier molecular flexibility index (Phi) is 5.54. The number of anilines is 1. The molecule has 2 aliphatic heterocycles. The third-order valence-corrected chi connectivity index (χ3v) is 7.04. The maximum Gasteiger partial charge on any atom is 0.273 e. The van der Waals surface area contributed by atoms with Crippen molar-refractivity contribution in [1.29, 1.82) is 0 Å². The molecule has 0 bridgehead atoms. The van der Waals surface area contributed by atoms with E-state index in [1.807, 2.05) is 30.3 Å². The van der Waals surface area contributed by atoms with Gasteiger partial charge in [0.25, 0.3) is 5.91 Å². The van der Waals surface area contributed by atoms with Crippen molar-refractivity contribution in [3.05, 3.63) is 42.5 Å². The lowest BCUT2D eigenvalue weighted by Gasteiger charge is -2.30. The number of carbonyl (C=O) groups is 1. The van der Waals surface area contributed by atoms with Crippen LogP contribution in [0, 0.1) is 0 Å². The molecule has 0 radical (unpaired) electrons. The van der Waals surface area contributed by atoms with Gasteiger partial charge < -0.3 is 14.2 Å². The normalized spacial score (nSPS) is 20.4. The largest absolute Gasteiger partial charge is 0.485 e. The summed E-state index contributed by atoms with van der Waals surface area (Å²) in [4.78, 5) is 21.2. The first-order chi connectivity index (χ1) is 14.7. The SMILES string of the molecule is CSc1ccc2nc(N(CC3CCCO3)C(=O)C3COc4ccccc4O3)sc2c1. The number of hydrogen-bond donors (Lipinski definition) is 0. The fourth-order valence-electron chi connectivity index (χ4n) is 3.70. The van der Waals surface area contributed by atoms with Crippen LogP contribution in [-0.2, 0) is 9.53 Å². The highest BCUT2D eigenvalue weighted by Crippen LogP contribution is 2.35. The summed E-state index contributed by atoms with van der Waals surface area (Å²) in [5.74, 6) is 1.11. The second-order valence-corrected chi connectivity index (χ2v) is 9.17. The van der Waals surface area contributed by atoms with Gasteiger partial charge in [-0.2, -0.15) is 0 Å². The molecule has 6 nitrogen and oxygen atoms in total. The molecule has 3 aromatic rings. The molecule has 8 heteroatoms. The predicted molar refractivity (Wildman–Crippen MR) is 119 cm³/mol. The van der Waals surface area contributed by atoms with Crippen molar-refractivity contribution in [1.82, 2.24) is 4.98 Å². The molecule has 2 unspecified atom stereocenters. The van der Waals surface area contributed by atoms with Gasteiger partial charge in [0.1, 0.15) is 6.61 Å². The number of thiazole rings is 1. The van der Waals surface area contributed by atoms with Crippen LogP contribution >= 0.6 is 23.1 Å². The number of hydrogen-bond acceptors (Lipinski definition) is 7. The van der Waals surface area contributed by atoms with Crippen molar-refractivity contribution in [3.63, 3.8) is 0 Å². The molecule has 1 saturated heterocycles. The summed E-state index contributed by atoms with van der Waals surface area (Å²) in [6.45, 7) is 1.38. The minimum atomic E-state index is -0.713. The highest BCUT2D eigenvalue weighted by molar-refractivity contribution is 7.98. The molecule has 2 atom stereocenters. The van der Waals surface area contributed by atoms with Crippen LogP contribution in [0.15, 0.2) is 47.4 Å². The number of para-hydroxylation sites is 2. The molecule has 1 amide bonds. The van der Waals surface area contributed by atoms with Gasteiger partial charge in [-0.25, -0.2) is 4.98 Å². The van der Waals surface area contributed by atoms with E-state index in [1.165, 1.54) is 16.2 Å². The molecular weight excluding hydrogens is 420 g/mol. The minimum Gasteiger partial charge on any atom is -0.485 e. The maximum absolute atomic E-state index is 13.5. The number of aromatic nitrogens is 1. The number of amides is 1. The highest BCUT2D eigenvalue weighted by Gasteiger charge is 2.35. The van der Waals surface area contributed by atoms with Gasteiger partial charge in [-0.1, -0.05) is 23.5 Å². The standard InChI is InChI=1S/C22H22N2O4S2/c1-29-15-8-9-16-20(11-15)30-22(23-16)24(12-14-5-4-10-26-14)21(25)19-13-27-17-6-2-3-7-18(17)28-19/h2-3,6-9,11,14,19H,4-5,10,12-13H2,1H3. The number of rotatable bonds is 5. The van der Waals surface area contributed by atoms with Crippen LogP contribution in [0.1, 0.15) is 12.8 Å². The van der Waals surface area contributed by atoms with E-state index in [0.717, 1.165) is 29.7 Å². The Balaban J connectivity index is 1.45. The van der Waals surface area contributed by atoms with E-state index in [-0.39, 0.29) is 18.6 Å². The van der Waals surface area contributed by atoms with E-state index in [4.69, 9.17) is 19.2 Å². The average Bonchev–Trinajstić information content (AvgIpc) is 3.45. The van der Waals surface area contributed by atoms with Gasteiger partial charge in [-0.05, 0) is 49.4 Å². The average molecular weight is 443 g/mol. The number of fused-ring (bicyclic) bond motifs is 2. The molecule has 0 N–H and O–H groups in total. The van der Waals surface area contributed by atoms with E-state index in [0.29, 0.717) is 23.2 Å². The number of nitrogens with zero attached hydrogens (tertiary/aromatic N) is 2. The van der Waals surface area contributed by atoms with Crippen molar-refractivity contribution in [2.45, 2.75) is 29.9 Å². The van der Waals surface area contributed by atoms with Gasteiger partial charge in [-0.3, -0.25) is 9.69 Å². The molecule has 2 aliphatic rings. The first-order valence-corrected chi connectivity index (χ1v) is 12.0. The monoisotopic (exact) mass is 442 g/mol. The molecule has 1 fully saturated rings. The molecule has 2 aromatic carbocycles. The van der Waals surface area contributed by atoms with Gasteiger partial charge >= 0.3 is 0 Å². The van der Waals surface area contributed by atoms with Crippen molar-refractivity contribution in [2.24, 2.45) is 0 Å². The van der Waals surface area contributed by atoms with Crippen LogP contribution in [0.2, 0.25) is 0 Å². The molecule has 156 valence electrons. The highest BCUT2D eigenvalue weighted by atomic mass is 32.2. The summed E-state index contributed by atoms with van der Waals surface area (Å²) in [7, 11) is 0. The van der Waals surface area contributed by atoms with Crippen LogP contribution in [-0.4, -0.2) is 49.1 Å². The fourth-order valence-corrected chi connectivity index (χ4v) is 5.24. The molecular formula is C22H22N2O4S2. The third-order valence-electron chi connectivity index (χ3n) is 5.28. The molecule has 0 saturated carbocycles. The molecule has 30 heavy (non-hydrogen) atoms. The topological polar surface area (TPSA) is 60.9 Å². The minimum absolute atomic E-state index is 0.0134. The molecule has 0 aliphatic carbocycles. The van der Waals surface area contributed by atoms with Crippen molar-refractivity contribution in [3.8, 4) is 11.5 Å². The lowest BCUT2D eigenvalue weighted by atomic mass is 10.2. The van der Waals surface area contributed by atoms with Gasteiger partial charge in [0, 0.05) is 11.5 Å². The van der Waals surface area contributed by atoms with E-state index in [9.17, 15) is 4.79 Å². The molecule has 1 aromatic heterocycles. The Hall–Kier alpha value is -2.29. The Bertz CT molecular complexity index is 1060. The molecule has 3 heterocycles. The van der Waals surface area contributed by atoms with E-state index in [2.05, 4.69) is 18.4 Å². The second-order valence-electron chi connectivity index (χ2n) is 7.28. The predicted octanol–water partition coefficient (Wildman–Crippen LogP) is 4.37. The second kappa shape index (κ2) is 8.45. The third kappa shape index (κ3) is 3.87. The quantitative estimate of drug-likeness (QED) is 0.547. The van der Waals surface area contributed by atoms with E-state index < -0.39 is 6.10 Å². The zero-order chi connectivity index (χ0) is 20.5. The van der Waals surface area contributed by atoms with Crippen molar-refractivity contribution < 1.29 is 19.0 Å². The van der Waals surface area contributed by atoms with E-state index >= 15 is 0 Å². The number of benzene rings is 2. The van der Waals surface area contributed by atoms with Crippen LogP contribution in [0.5, 0.6) is 11.5 Å². The van der Waals surface area contributed by atoms with Crippen molar-refractivity contribution in [2.75, 3.05) is 30.9 Å². The zero-order valence-electron chi connectivity index (χ0n) is 16.6. The number of ether oxygens (including phenoxy) is 3. The summed E-state index contributed by atoms with van der Waals surface area (Å²) in [5.41, 5.74) is 0.893. The Labute approximate surface area is 183 Å². The van der Waals surface area contributed by atoms with Crippen LogP contribution in [0.4, 0.5) is 5.13 Å². The first kappa shape index (κ1) is 19.7.